The van der Waals surface area contributed by atoms with E-state index >= 15 is 0 Å². The van der Waals surface area contributed by atoms with Gasteiger partial charge in [0, 0.05) is 6.20 Å². The van der Waals surface area contributed by atoms with Gasteiger partial charge in [0.25, 0.3) is 5.91 Å². The Kier molecular flexibility index (Phi) is 3.95. The molecule has 5 nitrogen and oxygen atoms in total. The third-order valence-corrected chi connectivity index (χ3v) is 2.78. The highest BCUT2D eigenvalue weighted by molar-refractivity contribution is 6.33. The van der Waals surface area contributed by atoms with Crippen LogP contribution in [0.1, 0.15) is 20.7 Å². The molecule has 1 amide bonds. The predicted octanol–water partition coefficient (Wildman–Crippen LogP) is 2.82. The van der Waals surface area contributed by atoms with Gasteiger partial charge in [0.05, 0.1) is 11.3 Å². The number of carbonyl (C=O) groups excluding carboxylic acids is 1. The van der Waals surface area contributed by atoms with E-state index in [1.807, 2.05) is 0 Å². The van der Waals surface area contributed by atoms with E-state index in [1.165, 1.54) is 30.5 Å². The van der Waals surface area contributed by atoms with E-state index in [9.17, 15) is 14.0 Å². The van der Waals surface area contributed by atoms with Crippen LogP contribution < -0.4 is 5.32 Å². The van der Waals surface area contributed by atoms with Crippen LogP contribution in [0.2, 0.25) is 5.15 Å². The lowest BCUT2D eigenvalue weighted by atomic mass is 10.1. The number of carbonyl (C=O) groups is 2. The van der Waals surface area contributed by atoms with Crippen LogP contribution in [0.15, 0.2) is 36.5 Å². The van der Waals surface area contributed by atoms with Gasteiger partial charge in [0.1, 0.15) is 16.5 Å². The molecule has 2 N–H and O–H groups in total. The Bertz CT molecular complexity index is 691. The third-order valence-electron chi connectivity index (χ3n) is 2.48. The molecular weight excluding hydrogens is 287 g/mol. The van der Waals surface area contributed by atoms with Crippen molar-refractivity contribution in [2.24, 2.45) is 0 Å². The lowest BCUT2D eigenvalue weighted by molar-refractivity contribution is 0.0693. The zero-order valence-electron chi connectivity index (χ0n) is 9.93. The number of benzene rings is 1. The summed E-state index contributed by atoms with van der Waals surface area (Å²) in [4.78, 5) is 26.7. The van der Waals surface area contributed by atoms with Gasteiger partial charge >= 0.3 is 5.97 Å². The topological polar surface area (TPSA) is 79.3 Å². The highest BCUT2D eigenvalue weighted by atomic mass is 35.5. The van der Waals surface area contributed by atoms with Crippen molar-refractivity contribution in [2.45, 2.75) is 0 Å². The number of nitrogens with one attached hydrogen (secondary N) is 1. The average molecular weight is 295 g/mol. The zero-order chi connectivity index (χ0) is 14.7. The molecule has 0 fully saturated rings. The number of anilines is 1. The van der Waals surface area contributed by atoms with Gasteiger partial charge in [-0.2, -0.15) is 0 Å². The van der Waals surface area contributed by atoms with Crippen molar-refractivity contribution in [3.8, 4) is 0 Å². The van der Waals surface area contributed by atoms with Gasteiger partial charge in [0.2, 0.25) is 0 Å². The largest absolute Gasteiger partial charge is 0.478 e. The molecule has 0 spiro atoms. The maximum Gasteiger partial charge on any atom is 0.340 e. The number of carboxylic acid groups (broad SMARTS) is 1. The Hall–Kier alpha value is -2.47. The average Bonchev–Trinajstić information content (AvgIpc) is 2.38. The molecule has 1 aromatic heterocycles. The minimum Gasteiger partial charge on any atom is -0.478 e. The number of nitrogens with zero attached hydrogens (tertiary/aromatic N) is 1. The minimum absolute atomic E-state index is 0.0294. The minimum atomic E-state index is -1.48. The smallest absolute Gasteiger partial charge is 0.340 e. The Balaban J connectivity index is 2.36. The quantitative estimate of drug-likeness (QED) is 0.853. The number of aromatic nitrogens is 1. The van der Waals surface area contributed by atoms with Gasteiger partial charge in [-0.3, -0.25) is 4.79 Å². The fourth-order valence-electron chi connectivity index (χ4n) is 1.59. The second-order valence-electron chi connectivity index (χ2n) is 3.76. The van der Waals surface area contributed by atoms with Crippen LogP contribution in [0.3, 0.4) is 0 Å². The molecule has 2 aromatic rings. The first-order valence-electron chi connectivity index (χ1n) is 5.44. The summed E-state index contributed by atoms with van der Waals surface area (Å²) < 4.78 is 13.5. The van der Waals surface area contributed by atoms with Crippen molar-refractivity contribution in [1.82, 2.24) is 4.98 Å². The number of carboxylic acids is 1. The molecule has 1 heterocycles. The summed E-state index contributed by atoms with van der Waals surface area (Å²) in [6.07, 6.45) is 1.41. The van der Waals surface area contributed by atoms with Crippen molar-refractivity contribution >= 4 is 29.2 Å². The van der Waals surface area contributed by atoms with E-state index in [0.29, 0.717) is 0 Å². The predicted molar refractivity (Wildman–Crippen MR) is 70.6 cm³/mol. The molecule has 7 heteroatoms. The van der Waals surface area contributed by atoms with Crippen LogP contribution >= 0.6 is 11.6 Å². The van der Waals surface area contributed by atoms with Crippen molar-refractivity contribution in [2.75, 3.05) is 5.32 Å². The maximum atomic E-state index is 13.5. The summed E-state index contributed by atoms with van der Waals surface area (Å²) >= 11 is 5.76. The molecular formula is C13H8ClFN2O3. The Morgan fingerprint density at radius 2 is 2.00 bits per heavy atom. The van der Waals surface area contributed by atoms with E-state index in [4.69, 9.17) is 16.7 Å². The van der Waals surface area contributed by atoms with Gasteiger partial charge in [0.15, 0.2) is 0 Å². The molecule has 0 bridgehead atoms. The fourth-order valence-corrected chi connectivity index (χ4v) is 1.80. The molecule has 0 saturated carbocycles. The molecule has 0 unspecified atom stereocenters. The van der Waals surface area contributed by atoms with Crippen LogP contribution in [0.4, 0.5) is 10.1 Å². The first-order valence-corrected chi connectivity index (χ1v) is 5.82. The van der Waals surface area contributed by atoms with Gasteiger partial charge in [-0.25, -0.2) is 14.2 Å². The number of pyridine rings is 1. The van der Waals surface area contributed by atoms with E-state index in [2.05, 4.69) is 10.3 Å². The number of halogens is 2. The van der Waals surface area contributed by atoms with Gasteiger partial charge in [-0.05, 0) is 24.3 Å². The summed E-state index contributed by atoms with van der Waals surface area (Å²) in [5.41, 5.74) is -0.696. The van der Waals surface area contributed by atoms with E-state index in [1.54, 1.807) is 0 Å². The Morgan fingerprint density at radius 1 is 1.25 bits per heavy atom. The SMILES string of the molecule is O=C(Nc1cccc(F)c1C(=O)O)c1cccnc1Cl. The third kappa shape index (κ3) is 2.75. The first kappa shape index (κ1) is 14.0. The highest BCUT2D eigenvalue weighted by Gasteiger charge is 2.19. The lowest BCUT2D eigenvalue weighted by Gasteiger charge is -2.09. The van der Waals surface area contributed by atoms with E-state index in [0.717, 1.165) is 6.07 Å². The number of hydrogen-bond donors (Lipinski definition) is 2. The van der Waals surface area contributed by atoms with Crippen LogP contribution in [-0.2, 0) is 0 Å². The molecule has 0 aliphatic heterocycles. The highest BCUT2D eigenvalue weighted by Crippen LogP contribution is 2.21. The molecule has 102 valence electrons. The molecule has 0 aliphatic carbocycles. The second-order valence-corrected chi connectivity index (χ2v) is 4.12. The molecule has 0 radical (unpaired) electrons. The van der Waals surface area contributed by atoms with Gasteiger partial charge < -0.3 is 10.4 Å². The summed E-state index contributed by atoms with van der Waals surface area (Å²) in [5.74, 6) is -3.08. The Morgan fingerprint density at radius 3 is 2.65 bits per heavy atom. The summed E-state index contributed by atoms with van der Waals surface area (Å²) in [6, 6.07) is 6.50. The van der Waals surface area contributed by atoms with E-state index in [-0.39, 0.29) is 16.4 Å². The van der Waals surface area contributed by atoms with Crippen LogP contribution in [0.25, 0.3) is 0 Å². The number of hydrogen-bond acceptors (Lipinski definition) is 3. The molecule has 2 rings (SSSR count). The molecule has 0 atom stereocenters. The molecule has 1 aromatic carbocycles. The molecule has 0 aliphatic rings. The number of rotatable bonds is 3. The maximum absolute atomic E-state index is 13.5. The van der Waals surface area contributed by atoms with Crippen LogP contribution in [-0.4, -0.2) is 22.0 Å². The summed E-state index contributed by atoms with van der Waals surface area (Å²) in [5, 5.41) is 11.2. The molecule has 20 heavy (non-hydrogen) atoms. The Labute approximate surface area is 118 Å². The number of aromatic carboxylic acids is 1. The van der Waals surface area contributed by atoms with Crippen LogP contribution in [0, 0.1) is 5.82 Å². The summed E-state index contributed by atoms with van der Waals surface area (Å²) in [7, 11) is 0. The summed E-state index contributed by atoms with van der Waals surface area (Å²) in [6.45, 7) is 0. The monoisotopic (exact) mass is 294 g/mol. The first-order chi connectivity index (χ1) is 9.50. The number of amides is 1. The molecule has 0 saturated heterocycles. The zero-order valence-corrected chi connectivity index (χ0v) is 10.7. The van der Waals surface area contributed by atoms with Crippen molar-refractivity contribution in [1.29, 1.82) is 0 Å². The van der Waals surface area contributed by atoms with Crippen molar-refractivity contribution in [3.63, 3.8) is 0 Å². The van der Waals surface area contributed by atoms with Crippen LogP contribution in [0.5, 0.6) is 0 Å². The van der Waals surface area contributed by atoms with E-state index < -0.39 is 23.3 Å². The standard InChI is InChI=1S/C13H8ClFN2O3/c14-11-7(3-2-6-16-11)12(18)17-9-5-1-4-8(15)10(9)13(19)20/h1-6H,(H,17,18)(H,19,20). The van der Waals surface area contributed by atoms with Gasteiger partial charge in [-0.15, -0.1) is 0 Å². The van der Waals surface area contributed by atoms with Gasteiger partial charge in [-0.1, -0.05) is 17.7 Å². The fraction of sp³-hybridized carbons (Fsp3) is 0. The van der Waals surface area contributed by atoms with Crippen molar-refractivity contribution < 1.29 is 19.1 Å². The lowest BCUT2D eigenvalue weighted by Crippen LogP contribution is -2.16. The van der Waals surface area contributed by atoms with Crippen molar-refractivity contribution in [3.05, 3.63) is 58.6 Å². The second kappa shape index (κ2) is 5.66. The normalized spacial score (nSPS) is 10.1.